The largest absolute Gasteiger partial charge is 0.496 e. The van der Waals surface area contributed by atoms with Crippen molar-refractivity contribution in [1.29, 1.82) is 0 Å². The fraction of sp³-hybridized carbons (Fsp3) is 0.500. The van der Waals surface area contributed by atoms with Crippen molar-refractivity contribution >= 4 is 10.9 Å². The predicted molar refractivity (Wildman–Crippen MR) is 82.9 cm³/mol. The molecule has 0 N–H and O–H groups in total. The quantitative estimate of drug-likeness (QED) is 0.863. The highest BCUT2D eigenvalue weighted by Gasteiger charge is 2.25. The lowest BCUT2D eigenvalue weighted by Crippen LogP contribution is -2.28. The summed E-state index contributed by atoms with van der Waals surface area (Å²) < 4.78 is 7.10. The minimum atomic E-state index is 0.000739. The van der Waals surface area contributed by atoms with Gasteiger partial charge in [-0.05, 0) is 31.5 Å². The first-order valence-electron chi connectivity index (χ1n) is 7.50. The zero-order valence-electron chi connectivity index (χ0n) is 12.6. The van der Waals surface area contributed by atoms with Gasteiger partial charge in [0.15, 0.2) is 0 Å². The van der Waals surface area contributed by atoms with E-state index < -0.39 is 0 Å². The Balaban J connectivity index is 2.01. The van der Waals surface area contributed by atoms with E-state index >= 15 is 0 Å². The van der Waals surface area contributed by atoms with Crippen LogP contribution in [-0.2, 0) is 0 Å². The minimum Gasteiger partial charge on any atom is -0.496 e. The Morgan fingerprint density at radius 3 is 3.05 bits per heavy atom. The molecule has 2 aromatic rings. The SMILES string of the molecule is CCCN1CC[C@@H](n2cnc3cccc(OC)c3c2=O)C1. The Bertz CT molecular complexity index is 695. The zero-order valence-corrected chi connectivity index (χ0v) is 12.6. The number of hydrogen-bond acceptors (Lipinski definition) is 4. The number of nitrogens with zero attached hydrogens (tertiary/aromatic N) is 3. The van der Waals surface area contributed by atoms with Gasteiger partial charge in [-0.15, -0.1) is 0 Å². The molecule has 0 spiro atoms. The van der Waals surface area contributed by atoms with Gasteiger partial charge in [0.2, 0.25) is 0 Å². The van der Waals surface area contributed by atoms with Crippen molar-refractivity contribution in [3.8, 4) is 5.75 Å². The second kappa shape index (κ2) is 5.85. The van der Waals surface area contributed by atoms with Gasteiger partial charge in [-0.25, -0.2) is 4.98 Å². The number of likely N-dealkylation sites (tertiary alicyclic amines) is 1. The molecule has 1 aromatic carbocycles. The van der Waals surface area contributed by atoms with Crippen molar-refractivity contribution in [2.45, 2.75) is 25.8 Å². The standard InChI is InChI=1S/C16H21N3O2/c1-3-8-18-9-7-12(10-18)19-11-17-13-5-4-6-14(21-2)15(13)16(19)20/h4-6,11-12H,3,7-10H2,1-2H3/t12-/m1/s1. The maximum absolute atomic E-state index is 12.8. The molecule has 1 aliphatic rings. The van der Waals surface area contributed by atoms with Gasteiger partial charge in [-0.3, -0.25) is 9.36 Å². The van der Waals surface area contributed by atoms with Crippen LogP contribution in [0.5, 0.6) is 5.75 Å². The molecule has 21 heavy (non-hydrogen) atoms. The van der Waals surface area contributed by atoms with Crippen LogP contribution >= 0.6 is 0 Å². The van der Waals surface area contributed by atoms with E-state index in [2.05, 4.69) is 16.8 Å². The Labute approximate surface area is 124 Å². The molecule has 5 nitrogen and oxygen atoms in total. The van der Waals surface area contributed by atoms with Crippen molar-refractivity contribution in [3.63, 3.8) is 0 Å². The molecule has 1 atom stereocenters. The van der Waals surface area contributed by atoms with Gasteiger partial charge < -0.3 is 9.64 Å². The summed E-state index contributed by atoms with van der Waals surface area (Å²) in [7, 11) is 1.59. The van der Waals surface area contributed by atoms with E-state index in [9.17, 15) is 4.79 Å². The van der Waals surface area contributed by atoms with Crippen LogP contribution in [0.15, 0.2) is 29.3 Å². The van der Waals surface area contributed by atoms with Crippen molar-refractivity contribution in [2.24, 2.45) is 0 Å². The maximum atomic E-state index is 12.8. The number of aromatic nitrogens is 2. The lowest BCUT2D eigenvalue weighted by Gasteiger charge is -2.17. The molecule has 1 saturated heterocycles. The highest BCUT2D eigenvalue weighted by atomic mass is 16.5. The van der Waals surface area contributed by atoms with Crippen LogP contribution in [-0.4, -0.2) is 41.2 Å². The smallest absolute Gasteiger partial charge is 0.265 e. The molecule has 5 heteroatoms. The number of rotatable bonds is 4. The van der Waals surface area contributed by atoms with Crippen molar-refractivity contribution in [3.05, 3.63) is 34.9 Å². The van der Waals surface area contributed by atoms with E-state index in [4.69, 9.17) is 4.74 Å². The molecule has 0 amide bonds. The number of ether oxygens (including phenoxy) is 1. The van der Waals surface area contributed by atoms with E-state index in [0.717, 1.165) is 32.5 Å². The average molecular weight is 287 g/mol. The Morgan fingerprint density at radius 2 is 2.29 bits per heavy atom. The van der Waals surface area contributed by atoms with E-state index in [1.54, 1.807) is 18.0 Å². The van der Waals surface area contributed by atoms with Gasteiger partial charge in [-0.1, -0.05) is 13.0 Å². The number of hydrogen-bond donors (Lipinski definition) is 0. The molecule has 1 aliphatic heterocycles. The summed E-state index contributed by atoms with van der Waals surface area (Å²) in [5.41, 5.74) is 0.694. The van der Waals surface area contributed by atoms with Crippen LogP contribution < -0.4 is 10.3 Å². The van der Waals surface area contributed by atoms with Crippen LogP contribution in [0.4, 0.5) is 0 Å². The first-order valence-corrected chi connectivity index (χ1v) is 7.50. The van der Waals surface area contributed by atoms with Crippen molar-refractivity contribution < 1.29 is 4.74 Å². The minimum absolute atomic E-state index is 0.000739. The first-order chi connectivity index (χ1) is 10.2. The summed E-state index contributed by atoms with van der Waals surface area (Å²) in [5, 5.41) is 0.580. The summed E-state index contributed by atoms with van der Waals surface area (Å²) in [5.74, 6) is 0.600. The number of benzene rings is 1. The molecule has 3 rings (SSSR count). The van der Waals surface area contributed by atoms with E-state index in [0.29, 0.717) is 16.7 Å². The molecular formula is C16H21N3O2. The average Bonchev–Trinajstić information content (AvgIpc) is 2.96. The van der Waals surface area contributed by atoms with E-state index in [1.807, 2.05) is 18.2 Å². The third kappa shape index (κ3) is 2.53. The van der Waals surface area contributed by atoms with Crippen LogP contribution in [0, 0.1) is 0 Å². The van der Waals surface area contributed by atoms with E-state index in [1.165, 1.54) is 0 Å². The third-order valence-electron chi connectivity index (χ3n) is 4.17. The first kappa shape index (κ1) is 14.1. The number of fused-ring (bicyclic) bond motifs is 1. The molecule has 2 heterocycles. The molecule has 1 fully saturated rings. The molecule has 1 aromatic heterocycles. The lowest BCUT2D eigenvalue weighted by molar-refractivity contribution is 0.323. The van der Waals surface area contributed by atoms with Crippen LogP contribution in [0.1, 0.15) is 25.8 Å². The third-order valence-corrected chi connectivity index (χ3v) is 4.17. The van der Waals surface area contributed by atoms with Gasteiger partial charge in [-0.2, -0.15) is 0 Å². The van der Waals surface area contributed by atoms with Crippen LogP contribution in [0.2, 0.25) is 0 Å². The molecule has 0 aliphatic carbocycles. The van der Waals surface area contributed by atoms with Gasteiger partial charge in [0.05, 0.1) is 25.0 Å². The molecule has 0 bridgehead atoms. The van der Waals surface area contributed by atoms with Gasteiger partial charge in [0, 0.05) is 13.1 Å². The Kier molecular flexibility index (Phi) is 3.92. The lowest BCUT2D eigenvalue weighted by atomic mass is 10.2. The Morgan fingerprint density at radius 1 is 1.43 bits per heavy atom. The molecule has 0 unspecified atom stereocenters. The summed E-state index contributed by atoms with van der Waals surface area (Å²) in [4.78, 5) is 19.6. The zero-order chi connectivity index (χ0) is 14.8. The normalized spacial score (nSPS) is 19.2. The molecule has 112 valence electrons. The van der Waals surface area contributed by atoms with Gasteiger partial charge in [0.1, 0.15) is 11.1 Å². The molecule has 0 radical (unpaired) electrons. The van der Waals surface area contributed by atoms with Crippen LogP contribution in [0.3, 0.4) is 0 Å². The van der Waals surface area contributed by atoms with Crippen molar-refractivity contribution in [2.75, 3.05) is 26.7 Å². The topological polar surface area (TPSA) is 47.4 Å². The van der Waals surface area contributed by atoms with Gasteiger partial charge >= 0.3 is 0 Å². The highest BCUT2D eigenvalue weighted by molar-refractivity contribution is 5.83. The summed E-state index contributed by atoms with van der Waals surface area (Å²) >= 11 is 0. The fourth-order valence-electron chi connectivity index (χ4n) is 3.14. The summed E-state index contributed by atoms with van der Waals surface area (Å²) in [6, 6.07) is 5.73. The summed E-state index contributed by atoms with van der Waals surface area (Å²) in [6.07, 6.45) is 3.83. The summed E-state index contributed by atoms with van der Waals surface area (Å²) in [6.45, 7) is 5.25. The van der Waals surface area contributed by atoms with Crippen LogP contribution in [0.25, 0.3) is 10.9 Å². The predicted octanol–water partition coefficient (Wildman–Crippen LogP) is 2.06. The molecular weight excluding hydrogens is 266 g/mol. The second-order valence-electron chi connectivity index (χ2n) is 5.55. The maximum Gasteiger partial charge on any atom is 0.265 e. The van der Waals surface area contributed by atoms with E-state index in [-0.39, 0.29) is 11.6 Å². The van der Waals surface area contributed by atoms with Crippen molar-refractivity contribution in [1.82, 2.24) is 14.5 Å². The Hall–Kier alpha value is -1.88. The fourth-order valence-corrected chi connectivity index (χ4v) is 3.14. The second-order valence-corrected chi connectivity index (χ2v) is 5.55. The monoisotopic (exact) mass is 287 g/mol. The molecule has 0 saturated carbocycles. The van der Waals surface area contributed by atoms with Gasteiger partial charge in [0.25, 0.3) is 5.56 Å². The highest BCUT2D eigenvalue weighted by Crippen LogP contribution is 2.23. The number of methoxy groups -OCH3 is 1.